The molecule has 0 N–H and O–H groups in total. The van der Waals surface area contributed by atoms with Crippen molar-refractivity contribution >= 4 is 27.4 Å². The standard InChI is InChI=1S/C28H28ClNO3S/c1-19-10-13-24(14-11-19)34(32,33)30-26(20-6-3-2-4-7-20)18-28(31)25-15-12-22(17-27(25)30)21-8-5-9-23(29)16-21/h2-11,13-14,16,22,25-27H,12,15,17-18H2,1H3/t22-,25+,26-,27-/m0/s1. The number of ketones is 1. The molecule has 0 aromatic heterocycles. The molecule has 2 aliphatic rings. The van der Waals surface area contributed by atoms with Crippen molar-refractivity contribution in [2.45, 2.75) is 55.5 Å². The van der Waals surface area contributed by atoms with E-state index in [1.807, 2.05) is 67.6 Å². The Morgan fingerprint density at radius 1 is 0.882 bits per heavy atom. The van der Waals surface area contributed by atoms with Crippen molar-refractivity contribution in [1.82, 2.24) is 4.31 Å². The van der Waals surface area contributed by atoms with Crippen LogP contribution in [0.5, 0.6) is 0 Å². The minimum absolute atomic E-state index is 0.151. The molecule has 0 bridgehead atoms. The molecule has 0 radical (unpaired) electrons. The molecule has 6 heteroatoms. The molecule has 5 rings (SSSR count). The van der Waals surface area contributed by atoms with E-state index in [1.54, 1.807) is 16.4 Å². The third-order valence-electron chi connectivity index (χ3n) is 7.36. The van der Waals surface area contributed by atoms with Crippen LogP contribution in [0.4, 0.5) is 0 Å². The van der Waals surface area contributed by atoms with Gasteiger partial charge in [0.25, 0.3) is 0 Å². The maximum absolute atomic E-state index is 14.1. The number of sulfonamides is 1. The molecule has 2 fully saturated rings. The molecule has 0 spiro atoms. The quantitative estimate of drug-likeness (QED) is 0.428. The third-order valence-corrected chi connectivity index (χ3v) is 9.54. The normalized spacial score (nSPS) is 25.6. The number of carbonyl (C=O) groups excluding carboxylic acids is 1. The monoisotopic (exact) mass is 493 g/mol. The van der Waals surface area contributed by atoms with Crippen molar-refractivity contribution in [2.75, 3.05) is 0 Å². The Balaban J connectivity index is 1.60. The molecule has 3 aromatic carbocycles. The Bertz CT molecular complexity index is 1290. The van der Waals surface area contributed by atoms with Crippen LogP contribution in [-0.2, 0) is 14.8 Å². The van der Waals surface area contributed by atoms with Crippen LogP contribution in [0.3, 0.4) is 0 Å². The van der Waals surface area contributed by atoms with Gasteiger partial charge in [-0.3, -0.25) is 4.79 Å². The van der Waals surface area contributed by atoms with Crippen LogP contribution in [0, 0.1) is 12.8 Å². The number of benzene rings is 3. The van der Waals surface area contributed by atoms with Gasteiger partial charge < -0.3 is 0 Å². The molecule has 1 heterocycles. The predicted octanol–water partition coefficient (Wildman–Crippen LogP) is 6.31. The first kappa shape index (κ1) is 23.3. The Kier molecular flexibility index (Phi) is 6.36. The second-order valence-electron chi connectivity index (χ2n) is 9.48. The number of hydrogen-bond acceptors (Lipinski definition) is 3. The smallest absolute Gasteiger partial charge is 0.243 e. The molecular formula is C28H28ClNO3S. The molecular weight excluding hydrogens is 466 g/mol. The fraction of sp³-hybridized carbons (Fsp3) is 0.321. The van der Waals surface area contributed by atoms with Gasteiger partial charge in [0.2, 0.25) is 10.0 Å². The lowest BCUT2D eigenvalue weighted by molar-refractivity contribution is -0.131. The highest BCUT2D eigenvalue weighted by molar-refractivity contribution is 7.89. The van der Waals surface area contributed by atoms with Gasteiger partial charge in [-0.25, -0.2) is 8.42 Å². The molecule has 0 amide bonds. The summed E-state index contributed by atoms with van der Waals surface area (Å²) in [6.07, 6.45) is 2.34. The van der Waals surface area contributed by atoms with E-state index in [0.29, 0.717) is 17.9 Å². The summed E-state index contributed by atoms with van der Waals surface area (Å²) in [6, 6.07) is 23.4. The maximum Gasteiger partial charge on any atom is 0.243 e. The lowest BCUT2D eigenvalue weighted by Crippen LogP contribution is -2.55. The Morgan fingerprint density at radius 2 is 1.59 bits per heavy atom. The predicted molar refractivity (Wildman–Crippen MR) is 134 cm³/mol. The first-order valence-electron chi connectivity index (χ1n) is 11.8. The summed E-state index contributed by atoms with van der Waals surface area (Å²) in [6.45, 7) is 1.94. The molecule has 1 saturated carbocycles. The SMILES string of the molecule is Cc1ccc(S(=O)(=O)N2[C@H](c3ccccc3)CC(=O)[C@@H]3CC[C@H](c4cccc(Cl)c4)C[C@@H]32)cc1. The molecule has 1 aliphatic carbocycles. The van der Waals surface area contributed by atoms with Crippen LogP contribution in [0.25, 0.3) is 0 Å². The van der Waals surface area contributed by atoms with E-state index in [0.717, 1.165) is 23.1 Å². The summed E-state index contributed by atoms with van der Waals surface area (Å²) in [5, 5.41) is 0.672. The van der Waals surface area contributed by atoms with Gasteiger partial charge in [0.05, 0.1) is 10.9 Å². The summed E-state index contributed by atoms with van der Waals surface area (Å²) in [5.74, 6) is 0.0346. The zero-order chi connectivity index (χ0) is 23.9. The fourth-order valence-electron chi connectivity index (χ4n) is 5.65. The molecule has 4 nitrogen and oxygen atoms in total. The van der Waals surface area contributed by atoms with Crippen molar-refractivity contribution in [1.29, 1.82) is 0 Å². The third kappa shape index (κ3) is 4.33. The summed E-state index contributed by atoms with van der Waals surface area (Å²) in [4.78, 5) is 13.6. The topological polar surface area (TPSA) is 54.5 Å². The number of hydrogen-bond donors (Lipinski definition) is 0. The number of piperidine rings is 1. The minimum Gasteiger partial charge on any atom is -0.299 e. The fourth-order valence-corrected chi connectivity index (χ4v) is 7.69. The first-order valence-corrected chi connectivity index (χ1v) is 13.6. The maximum atomic E-state index is 14.1. The van der Waals surface area contributed by atoms with Gasteiger partial charge in [0.1, 0.15) is 5.78 Å². The largest absolute Gasteiger partial charge is 0.299 e. The van der Waals surface area contributed by atoms with E-state index >= 15 is 0 Å². The first-order chi connectivity index (χ1) is 16.3. The van der Waals surface area contributed by atoms with E-state index in [-0.39, 0.29) is 28.9 Å². The number of nitrogens with zero attached hydrogens (tertiary/aromatic N) is 1. The Hall–Kier alpha value is -2.47. The van der Waals surface area contributed by atoms with Crippen LogP contribution in [0.1, 0.15) is 54.3 Å². The van der Waals surface area contributed by atoms with Gasteiger partial charge in [-0.2, -0.15) is 4.31 Å². The summed E-state index contributed by atoms with van der Waals surface area (Å²) in [7, 11) is -3.83. The number of fused-ring (bicyclic) bond motifs is 1. The molecule has 34 heavy (non-hydrogen) atoms. The average Bonchev–Trinajstić information content (AvgIpc) is 2.84. The average molecular weight is 494 g/mol. The van der Waals surface area contributed by atoms with Crippen LogP contribution >= 0.6 is 11.6 Å². The number of carbonyl (C=O) groups is 1. The number of aryl methyl sites for hydroxylation is 1. The highest BCUT2D eigenvalue weighted by Gasteiger charge is 2.50. The van der Waals surface area contributed by atoms with Crippen molar-refractivity contribution < 1.29 is 13.2 Å². The van der Waals surface area contributed by atoms with Crippen molar-refractivity contribution in [3.05, 3.63) is 101 Å². The molecule has 1 aliphatic heterocycles. The van der Waals surface area contributed by atoms with Crippen LogP contribution < -0.4 is 0 Å². The lowest BCUT2D eigenvalue weighted by Gasteiger charge is -2.48. The van der Waals surface area contributed by atoms with Crippen molar-refractivity contribution in [3.63, 3.8) is 0 Å². The molecule has 4 atom stereocenters. The van der Waals surface area contributed by atoms with Gasteiger partial charge in [0, 0.05) is 23.4 Å². The zero-order valence-corrected chi connectivity index (χ0v) is 20.7. The van der Waals surface area contributed by atoms with Crippen molar-refractivity contribution in [3.8, 4) is 0 Å². The molecule has 176 valence electrons. The van der Waals surface area contributed by atoms with Crippen LogP contribution in [0.15, 0.2) is 83.8 Å². The number of Topliss-reactive ketones (excluding diaryl/α,β-unsaturated/α-hetero) is 1. The second kappa shape index (κ2) is 9.29. The summed E-state index contributed by atoms with van der Waals surface area (Å²) in [5.41, 5.74) is 2.96. The minimum atomic E-state index is -3.83. The van der Waals surface area contributed by atoms with Gasteiger partial charge in [-0.05, 0) is 67.5 Å². The molecule has 3 aromatic rings. The highest BCUT2D eigenvalue weighted by Crippen LogP contribution is 2.48. The number of rotatable bonds is 4. The van der Waals surface area contributed by atoms with E-state index in [1.165, 1.54) is 0 Å². The Labute approximate surface area is 206 Å². The second-order valence-corrected chi connectivity index (χ2v) is 11.8. The highest BCUT2D eigenvalue weighted by atomic mass is 35.5. The van der Waals surface area contributed by atoms with Gasteiger partial charge >= 0.3 is 0 Å². The number of halogens is 1. The van der Waals surface area contributed by atoms with E-state index in [9.17, 15) is 13.2 Å². The van der Waals surface area contributed by atoms with Crippen LogP contribution in [-0.4, -0.2) is 24.5 Å². The molecule has 0 unspecified atom stereocenters. The van der Waals surface area contributed by atoms with E-state index in [2.05, 4.69) is 6.07 Å². The van der Waals surface area contributed by atoms with Gasteiger partial charge in [-0.15, -0.1) is 0 Å². The van der Waals surface area contributed by atoms with E-state index < -0.39 is 22.1 Å². The lowest BCUT2D eigenvalue weighted by atomic mass is 9.70. The molecule has 1 saturated heterocycles. The zero-order valence-electron chi connectivity index (χ0n) is 19.1. The summed E-state index contributed by atoms with van der Waals surface area (Å²) < 4.78 is 29.9. The van der Waals surface area contributed by atoms with E-state index in [4.69, 9.17) is 11.6 Å². The van der Waals surface area contributed by atoms with Gasteiger partial charge in [0.15, 0.2) is 0 Å². The van der Waals surface area contributed by atoms with Crippen LogP contribution in [0.2, 0.25) is 5.02 Å². The summed E-state index contributed by atoms with van der Waals surface area (Å²) >= 11 is 6.26. The Morgan fingerprint density at radius 3 is 2.29 bits per heavy atom. The van der Waals surface area contributed by atoms with Crippen molar-refractivity contribution in [2.24, 2.45) is 5.92 Å². The van der Waals surface area contributed by atoms with Gasteiger partial charge in [-0.1, -0.05) is 71.8 Å².